The molecule has 0 aliphatic carbocycles. The summed E-state index contributed by atoms with van der Waals surface area (Å²) >= 11 is 0. The number of hydrogen-bond donors (Lipinski definition) is 1. The third-order valence-electron chi connectivity index (χ3n) is 4.11. The summed E-state index contributed by atoms with van der Waals surface area (Å²) in [4.78, 5) is 0. The summed E-state index contributed by atoms with van der Waals surface area (Å²) in [5, 5.41) is 3.33. The minimum absolute atomic E-state index is 0.584. The molecule has 1 unspecified atom stereocenters. The van der Waals surface area contributed by atoms with Crippen LogP contribution in [-0.2, 0) is 6.42 Å². The molecule has 2 aromatic carbocycles. The highest BCUT2D eigenvalue weighted by Crippen LogP contribution is 2.23. The molecule has 1 atom stereocenters. The van der Waals surface area contributed by atoms with Crippen molar-refractivity contribution in [2.24, 2.45) is 0 Å². The van der Waals surface area contributed by atoms with Gasteiger partial charge in [0, 0.05) is 6.54 Å². The van der Waals surface area contributed by atoms with Crippen molar-refractivity contribution in [2.45, 2.75) is 32.6 Å². The second-order valence-electron chi connectivity index (χ2n) is 5.57. The zero-order valence-electron chi connectivity index (χ0n) is 12.8. The number of benzene rings is 2. The van der Waals surface area contributed by atoms with Crippen molar-refractivity contribution in [2.75, 3.05) is 13.6 Å². The summed E-state index contributed by atoms with van der Waals surface area (Å²) < 4.78 is 0. The normalized spacial score (nSPS) is 12.3. The maximum atomic E-state index is 3.33. The topological polar surface area (TPSA) is 12.0 Å². The van der Waals surface area contributed by atoms with Gasteiger partial charge < -0.3 is 5.32 Å². The van der Waals surface area contributed by atoms with Crippen LogP contribution in [0.5, 0.6) is 0 Å². The van der Waals surface area contributed by atoms with E-state index in [2.05, 4.69) is 67.7 Å². The largest absolute Gasteiger partial charge is 0.319 e. The van der Waals surface area contributed by atoms with Crippen LogP contribution >= 0.6 is 0 Å². The first-order chi connectivity index (χ1) is 9.72. The molecule has 1 nitrogen and oxygen atoms in total. The zero-order chi connectivity index (χ0) is 14.4. The van der Waals surface area contributed by atoms with Crippen LogP contribution in [0.25, 0.3) is 0 Å². The van der Waals surface area contributed by atoms with Gasteiger partial charge in [-0.15, -0.1) is 0 Å². The Balaban J connectivity index is 2.10. The molecule has 0 saturated carbocycles. The standard InChI is InChI=1S/C19H25N/c1-15-8-7-9-16(2)19(15)13-12-18(14-20-3)17-10-5-4-6-11-17/h4-11,18,20H,12-14H2,1-3H3. The SMILES string of the molecule is CNCC(CCc1c(C)cccc1C)c1ccccc1. The Morgan fingerprint density at radius 3 is 2.15 bits per heavy atom. The van der Waals surface area contributed by atoms with Gasteiger partial charge in [-0.05, 0) is 61.9 Å². The molecule has 0 saturated heterocycles. The molecule has 0 spiro atoms. The number of nitrogens with one attached hydrogen (secondary N) is 1. The second kappa shape index (κ2) is 7.25. The molecule has 0 aliphatic rings. The van der Waals surface area contributed by atoms with Gasteiger partial charge in [0.25, 0.3) is 0 Å². The van der Waals surface area contributed by atoms with Crippen LogP contribution in [0.4, 0.5) is 0 Å². The molecule has 0 heterocycles. The van der Waals surface area contributed by atoms with Crippen molar-refractivity contribution >= 4 is 0 Å². The quantitative estimate of drug-likeness (QED) is 0.825. The minimum Gasteiger partial charge on any atom is -0.319 e. The molecule has 1 N–H and O–H groups in total. The molecule has 0 amide bonds. The lowest BCUT2D eigenvalue weighted by molar-refractivity contribution is 0.582. The van der Waals surface area contributed by atoms with E-state index in [1.54, 1.807) is 0 Å². The molecule has 0 radical (unpaired) electrons. The fraction of sp³-hybridized carbons (Fsp3) is 0.368. The summed E-state index contributed by atoms with van der Waals surface area (Å²) in [5.41, 5.74) is 5.79. The van der Waals surface area contributed by atoms with Crippen molar-refractivity contribution in [1.29, 1.82) is 0 Å². The third-order valence-corrected chi connectivity index (χ3v) is 4.11. The lowest BCUT2D eigenvalue weighted by atomic mass is 9.89. The predicted molar refractivity (Wildman–Crippen MR) is 87.3 cm³/mol. The average Bonchev–Trinajstić information content (AvgIpc) is 2.46. The van der Waals surface area contributed by atoms with E-state index < -0.39 is 0 Å². The zero-order valence-corrected chi connectivity index (χ0v) is 12.8. The first-order valence-electron chi connectivity index (χ1n) is 7.47. The molecule has 1 heteroatoms. The fourth-order valence-electron chi connectivity index (χ4n) is 2.92. The van der Waals surface area contributed by atoms with Crippen molar-refractivity contribution in [3.63, 3.8) is 0 Å². The number of likely N-dealkylation sites (N-methyl/N-ethyl adjacent to an activating group) is 1. The molecule has 2 aromatic rings. The van der Waals surface area contributed by atoms with Gasteiger partial charge in [-0.1, -0.05) is 48.5 Å². The Morgan fingerprint density at radius 2 is 1.55 bits per heavy atom. The van der Waals surface area contributed by atoms with Crippen LogP contribution in [0, 0.1) is 13.8 Å². The Morgan fingerprint density at radius 1 is 0.900 bits per heavy atom. The van der Waals surface area contributed by atoms with Crippen molar-refractivity contribution < 1.29 is 0 Å². The molecule has 0 aromatic heterocycles. The van der Waals surface area contributed by atoms with E-state index in [4.69, 9.17) is 0 Å². The lowest BCUT2D eigenvalue weighted by Gasteiger charge is -2.18. The van der Waals surface area contributed by atoms with Gasteiger partial charge in [-0.25, -0.2) is 0 Å². The van der Waals surface area contributed by atoms with Crippen LogP contribution in [0.2, 0.25) is 0 Å². The van der Waals surface area contributed by atoms with Crippen LogP contribution in [0.1, 0.15) is 34.6 Å². The Hall–Kier alpha value is -1.60. The van der Waals surface area contributed by atoms with E-state index in [9.17, 15) is 0 Å². The predicted octanol–water partition coefficient (Wildman–Crippen LogP) is 4.24. The molecular weight excluding hydrogens is 242 g/mol. The Kier molecular flexibility index (Phi) is 5.37. The second-order valence-corrected chi connectivity index (χ2v) is 5.57. The molecule has 20 heavy (non-hydrogen) atoms. The van der Waals surface area contributed by atoms with Crippen molar-refractivity contribution in [1.82, 2.24) is 5.32 Å². The van der Waals surface area contributed by atoms with E-state index in [0.29, 0.717) is 5.92 Å². The van der Waals surface area contributed by atoms with Crippen LogP contribution in [0.3, 0.4) is 0 Å². The highest BCUT2D eigenvalue weighted by molar-refractivity contribution is 5.34. The molecule has 0 bridgehead atoms. The first kappa shape index (κ1) is 14.8. The summed E-state index contributed by atoms with van der Waals surface area (Å²) in [7, 11) is 2.04. The van der Waals surface area contributed by atoms with Gasteiger partial charge in [0.05, 0.1) is 0 Å². The van der Waals surface area contributed by atoms with Gasteiger partial charge in [-0.2, -0.15) is 0 Å². The van der Waals surface area contributed by atoms with Crippen molar-refractivity contribution in [3.05, 3.63) is 70.8 Å². The van der Waals surface area contributed by atoms with Gasteiger partial charge in [0.2, 0.25) is 0 Å². The molecule has 0 aliphatic heterocycles. The summed E-state index contributed by atoms with van der Waals surface area (Å²) in [6.07, 6.45) is 2.34. The highest BCUT2D eigenvalue weighted by Gasteiger charge is 2.12. The fourth-order valence-corrected chi connectivity index (χ4v) is 2.92. The highest BCUT2D eigenvalue weighted by atomic mass is 14.8. The van der Waals surface area contributed by atoms with Crippen LogP contribution in [-0.4, -0.2) is 13.6 Å². The van der Waals surface area contributed by atoms with E-state index >= 15 is 0 Å². The maximum Gasteiger partial charge on any atom is 0.00172 e. The van der Waals surface area contributed by atoms with Crippen LogP contribution < -0.4 is 5.32 Å². The summed E-state index contributed by atoms with van der Waals surface area (Å²) in [5.74, 6) is 0.584. The number of hydrogen-bond acceptors (Lipinski definition) is 1. The summed E-state index contributed by atoms with van der Waals surface area (Å²) in [6.45, 7) is 5.48. The van der Waals surface area contributed by atoms with E-state index in [1.165, 1.54) is 28.7 Å². The molecular formula is C19H25N. The van der Waals surface area contributed by atoms with Gasteiger partial charge >= 0.3 is 0 Å². The third kappa shape index (κ3) is 3.71. The molecule has 106 valence electrons. The Labute approximate surface area is 123 Å². The van der Waals surface area contributed by atoms with E-state index in [-0.39, 0.29) is 0 Å². The van der Waals surface area contributed by atoms with Crippen LogP contribution in [0.15, 0.2) is 48.5 Å². The van der Waals surface area contributed by atoms with E-state index in [1.807, 2.05) is 7.05 Å². The minimum atomic E-state index is 0.584. The smallest absolute Gasteiger partial charge is 0.00172 e. The summed E-state index contributed by atoms with van der Waals surface area (Å²) in [6, 6.07) is 17.4. The lowest BCUT2D eigenvalue weighted by Crippen LogP contribution is -2.18. The Bertz CT molecular complexity index is 510. The molecule has 2 rings (SSSR count). The molecule has 0 fully saturated rings. The van der Waals surface area contributed by atoms with Gasteiger partial charge in [0.1, 0.15) is 0 Å². The number of aryl methyl sites for hydroxylation is 2. The van der Waals surface area contributed by atoms with Gasteiger partial charge in [0.15, 0.2) is 0 Å². The van der Waals surface area contributed by atoms with Gasteiger partial charge in [-0.3, -0.25) is 0 Å². The average molecular weight is 267 g/mol. The maximum absolute atomic E-state index is 3.33. The number of rotatable bonds is 6. The first-order valence-corrected chi connectivity index (χ1v) is 7.47. The van der Waals surface area contributed by atoms with E-state index in [0.717, 1.165) is 13.0 Å². The van der Waals surface area contributed by atoms with Crippen molar-refractivity contribution in [3.8, 4) is 0 Å². The monoisotopic (exact) mass is 267 g/mol.